The summed E-state index contributed by atoms with van der Waals surface area (Å²) in [5.41, 5.74) is 1.05. The molecular formula is C14H20ClNO2S. The van der Waals surface area contributed by atoms with E-state index in [0.717, 1.165) is 25.2 Å². The van der Waals surface area contributed by atoms with Crippen LogP contribution in [0.15, 0.2) is 29.2 Å². The van der Waals surface area contributed by atoms with Crippen molar-refractivity contribution in [3.05, 3.63) is 24.3 Å². The molecule has 3 nitrogen and oxygen atoms in total. The van der Waals surface area contributed by atoms with Crippen LogP contribution in [0.5, 0.6) is 0 Å². The van der Waals surface area contributed by atoms with Crippen molar-refractivity contribution in [2.24, 2.45) is 5.92 Å². The zero-order valence-corrected chi connectivity index (χ0v) is 12.9. The summed E-state index contributed by atoms with van der Waals surface area (Å²) in [6.45, 7) is 5.63. The predicted octanol–water partition coefficient (Wildman–Crippen LogP) is 2.93. The van der Waals surface area contributed by atoms with Crippen molar-refractivity contribution in [3.63, 3.8) is 0 Å². The Morgan fingerprint density at radius 2 is 1.95 bits per heavy atom. The van der Waals surface area contributed by atoms with Crippen LogP contribution in [0.3, 0.4) is 0 Å². The molecule has 5 heteroatoms. The van der Waals surface area contributed by atoms with E-state index in [2.05, 4.69) is 11.8 Å². The van der Waals surface area contributed by atoms with Gasteiger partial charge in [0.25, 0.3) is 0 Å². The predicted molar refractivity (Wildman–Crippen MR) is 79.8 cm³/mol. The molecule has 0 spiro atoms. The Morgan fingerprint density at radius 3 is 2.47 bits per heavy atom. The molecule has 1 saturated heterocycles. The first-order chi connectivity index (χ1) is 8.94. The van der Waals surface area contributed by atoms with E-state index < -0.39 is 9.84 Å². The largest absolute Gasteiger partial charge is 0.370 e. The number of hydrogen-bond donors (Lipinski definition) is 0. The van der Waals surface area contributed by atoms with E-state index >= 15 is 0 Å². The number of rotatable bonds is 3. The van der Waals surface area contributed by atoms with Gasteiger partial charge in [-0.3, -0.25) is 0 Å². The molecule has 0 aromatic heterocycles. The fourth-order valence-corrected chi connectivity index (χ4v) is 3.46. The van der Waals surface area contributed by atoms with Gasteiger partial charge in [-0.1, -0.05) is 13.8 Å². The van der Waals surface area contributed by atoms with Gasteiger partial charge < -0.3 is 4.90 Å². The summed E-state index contributed by atoms with van der Waals surface area (Å²) in [5.74, 6) is 0.676. The van der Waals surface area contributed by atoms with E-state index in [1.807, 2.05) is 12.1 Å². The average Bonchev–Trinajstić information content (AvgIpc) is 2.42. The van der Waals surface area contributed by atoms with Crippen LogP contribution in [0.1, 0.15) is 20.3 Å². The summed E-state index contributed by atoms with van der Waals surface area (Å²) >= 11 is 6.30. The first-order valence-corrected chi connectivity index (χ1v) is 8.74. The Kier molecular flexibility index (Phi) is 4.41. The Hall–Kier alpha value is -0.740. The van der Waals surface area contributed by atoms with E-state index in [-0.39, 0.29) is 11.1 Å². The van der Waals surface area contributed by atoms with Crippen LogP contribution in [0.2, 0.25) is 0 Å². The summed E-state index contributed by atoms with van der Waals surface area (Å²) in [6.07, 6.45) is 1.07. The number of halogens is 1. The molecular weight excluding hydrogens is 282 g/mol. The Morgan fingerprint density at radius 1 is 1.32 bits per heavy atom. The van der Waals surface area contributed by atoms with Gasteiger partial charge in [0, 0.05) is 18.8 Å². The molecule has 0 radical (unpaired) electrons. The highest BCUT2D eigenvalue weighted by Gasteiger charge is 2.24. The minimum absolute atomic E-state index is 0.136. The molecule has 106 valence electrons. The van der Waals surface area contributed by atoms with Gasteiger partial charge in [0.2, 0.25) is 0 Å². The van der Waals surface area contributed by atoms with Gasteiger partial charge in [-0.25, -0.2) is 8.42 Å². The number of hydrogen-bond acceptors (Lipinski definition) is 3. The number of alkyl halides is 1. The lowest BCUT2D eigenvalue weighted by Gasteiger charge is -2.35. The van der Waals surface area contributed by atoms with Crippen molar-refractivity contribution in [1.29, 1.82) is 0 Å². The van der Waals surface area contributed by atoms with Crippen molar-refractivity contribution >= 4 is 27.1 Å². The molecule has 1 fully saturated rings. The van der Waals surface area contributed by atoms with Crippen LogP contribution < -0.4 is 4.90 Å². The maximum Gasteiger partial charge on any atom is 0.178 e. The van der Waals surface area contributed by atoms with Gasteiger partial charge in [0.1, 0.15) is 0 Å². The molecule has 19 heavy (non-hydrogen) atoms. The molecule has 0 amide bonds. The fourth-order valence-electron chi connectivity index (χ4n) is 2.29. The van der Waals surface area contributed by atoms with E-state index in [0.29, 0.717) is 10.8 Å². The van der Waals surface area contributed by atoms with Crippen molar-refractivity contribution in [1.82, 2.24) is 0 Å². The average molecular weight is 302 g/mol. The van der Waals surface area contributed by atoms with Crippen LogP contribution in [-0.4, -0.2) is 32.6 Å². The minimum atomic E-state index is -3.11. The molecule has 2 atom stereocenters. The zero-order valence-electron chi connectivity index (χ0n) is 11.3. The Labute approximate surface area is 120 Å². The molecule has 2 unspecified atom stereocenters. The second-order valence-electron chi connectivity index (χ2n) is 5.13. The second-order valence-corrected chi connectivity index (χ2v) is 7.96. The lowest BCUT2D eigenvalue weighted by Crippen LogP contribution is -2.40. The number of benzene rings is 1. The molecule has 1 heterocycles. The normalized spacial score (nSPS) is 24.5. The summed E-state index contributed by atoms with van der Waals surface area (Å²) < 4.78 is 23.5. The van der Waals surface area contributed by atoms with Crippen LogP contribution in [0.4, 0.5) is 5.69 Å². The van der Waals surface area contributed by atoms with Crippen molar-refractivity contribution < 1.29 is 8.42 Å². The van der Waals surface area contributed by atoms with Gasteiger partial charge in [-0.15, -0.1) is 11.6 Å². The van der Waals surface area contributed by atoms with Crippen molar-refractivity contribution in [3.8, 4) is 0 Å². The lowest BCUT2D eigenvalue weighted by molar-refractivity contribution is 0.445. The van der Waals surface area contributed by atoms with Crippen LogP contribution in [0.25, 0.3) is 0 Å². The van der Waals surface area contributed by atoms with Gasteiger partial charge in [-0.05, 0) is 36.6 Å². The monoisotopic (exact) mass is 301 g/mol. The maximum absolute atomic E-state index is 11.7. The van der Waals surface area contributed by atoms with E-state index in [4.69, 9.17) is 11.6 Å². The molecule has 0 saturated carbocycles. The lowest BCUT2D eigenvalue weighted by atomic mass is 9.98. The van der Waals surface area contributed by atoms with Gasteiger partial charge >= 0.3 is 0 Å². The number of anilines is 1. The highest BCUT2D eigenvalue weighted by molar-refractivity contribution is 7.91. The van der Waals surface area contributed by atoms with Gasteiger partial charge in [-0.2, -0.15) is 0 Å². The second kappa shape index (κ2) is 5.71. The first kappa shape index (κ1) is 14.7. The molecule has 1 aromatic rings. The smallest absolute Gasteiger partial charge is 0.178 e. The van der Waals surface area contributed by atoms with Crippen LogP contribution >= 0.6 is 11.6 Å². The highest BCUT2D eigenvalue weighted by Crippen LogP contribution is 2.27. The number of nitrogens with zero attached hydrogens (tertiary/aromatic N) is 1. The van der Waals surface area contributed by atoms with Crippen molar-refractivity contribution in [2.45, 2.75) is 30.5 Å². The number of sulfone groups is 1. The molecule has 2 rings (SSSR count). The summed E-state index contributed by atoms with van der Waals surface area (Å²) in [7, 11) is -3.11. The van der Waals surface area contributed by atoms with E-state index in [9.17, 15) is 8.42 Å². The molecule has 1 aliphatic heterocycles. The first-order valence-electron chi connectivity index (χ1n) is 6.66. The van der Waals surface area contributed by atoms with E-state index in [1.165, 1.54) is 0 Å². The third-order valence-electron chi connectivity index (χ3n) is 3.81. The number of piperidine rings is 1. The topological polar surface area (TPSA) is 37.4 Å². The summed E-state index contributed by atoms with van der Waals surface area (Å²) in [4.78, 5) is 2.62. The quantitative estimate of drug-likeness (QED) is 0.806. The molecule has 0 aliphatic carbocycles. The van der Waals surface area contributed by atoms with Gasteiger partial charge in [0.05, 0.1) is 16.0 Å². The standard InChI is InChI=1S/C14H20ClNO2S/c1-3-19(17,18)13-6-4-12(5-7-13)16-9-8-11(2)14(15)10-16/h4-7,11,14H,3,8-10H2,1-2H3. The molecule has 0 bridgehead atoms. The Bertz CT molecular complexity index is 527. The van der Waals surface area contributed by atoms with Crippen LogP contribution in [-0.2, 0) is 9.84 Å². The van der Waals surface area contributed by atoms with E-state index in [1.54, 1.807) is 19.1 Å². The summed E-state index contributed by atoms with van der Waals surface area (Å²) in [6, 6.07) is 7.13. The Balaban J connectivity index is 2.15. The SMILES string of the molecule is CCS(=O)(=O)c1ccc(N2CCC(C)C(Cl)C2)cc1. The fraction of sp³-hybridized carbons (Fsp3) is 0.571. The molecule has 0 N–H and O–H groups in total. The minimum Gasteiger partial charge on any atom is -0.370 e. The highest BCUT2D eigenvalue weighted by atomic mass is 35.5. The third-order valence-corrected chi connectivity index (χ3v) is 6.13. The maximum atomic E-state index is 11.7. The molecule has 1 aliphatic rings. The van der Waals surface area contributed by atoms with Crippen molar-refractivity contribution in [2.75, 3.05) is 23.7 Å². The van der Waals surface area contributed by atoms with Crippen LogP contribution in [0, 0.1) is 5.92 Å². The third kappa shape index (κ3) is 3.23. The zero-order chi connectivity index (χ0) is 14.0. The summed E-state index contributed by atoms with van der Waals surface area (Å²) in [5, 5.41) is 0.160. The molecule has 1 aromatic carbocycles. The van der Waals surface area contributed by atoms with Gasteiger partial charge in [0.15, 0.2) is 9.84 Å².